The van der Waals surface area contributed by atoms with Crippen LogP contribution in [0.3, 0.4) is 0 Å². The van der Waals surface area contributed by atoms with Gasteiger partial charge in [-0.05, 0) is 37.5 Å². The number of aromatic nitrogens is 3. The molecule has 1 aromatic heterocycles. The molecule has 0 radical (unpaired) electrons. The van der Waals surface area contributed by atoms with E-state index in [-0.39, 0.29) is 24.5 Å². The lowest BCUT2D eigenvalue weighted by Gasteiger charge is -2.20. The summed E-state index contributed by atoms with van der Waals surface area (Å²) < 4.78 is 1.99. The third-order valence-corrected chi connectivity index (χ3v) is 6.53. The first-order chi connectivity index (χ1) is 17.1. The molecule has 0 saturated carbocycles. The first-order valence-corrected chi connectivity index (χ1v) is 12.8. The number of thioether (sulfide) groups is 1. The molecule has 0 fully saturated rings. The van der Waals surface area contributed by atoms with Crippen molar-refractivity contribution in [1.29, 1.82) is 10.5 Å². The second-order valence-electron chi connectivity index (χ2n) is 8.26. The normalized spacial score (nSPS) is 10.5. The van der Waals surface area contributed by atoms with E-state index in [0.717, 1.165) is 36.1 Å². The van der Waals surface area contributed by atoms with Crippen LogP contribution in [0.15, 0.2) is 53.7 Å². The van der Waals surface area contributed by atoms with Crippen LogP contribution in [-0.2, 0) is 11.2 Å². The number of unbranched alkanes of at least 4 members (excludes halogenated alkanes) is 1. The van der Waals surface area contributed by atoms with Crippen molar-refractivity contribution in [2.75, 3.05) is 18.8 Å². The van der Waals surface area contributed by atoms with Gasteiger partial charge in [0, 0.05) is 24.3 Å². The molecule has 0 N–H and O–H groups in total. The summed E-state index contributed by atoms with van der Waals surface area (Å²) in [6.07, 6.45) is 3.82. The van der Waals surface area contributed by atoms with Crippen LogP contribution >= 0.6 is 11.8 Å². The molecule has 1 amide bonds. The number of benzene rings is 2. The fourth-order valence-corrected chi connectivity index (χ4v) is 4.48. The predicted molar refractivity (Wildman–Crippen MR) is 138 cm³/mol. The SMILES string of the molecule is CCCCc1ccc(-n2c(SCC(=O)N(CCC#N)CCC#N)nnc2-c2ccc(C)cc2)cc1. The van der Waals surface area contributed by atoms with Gasteiger partial charge in [0.05, 0.1) is 30.7 Å². The average molecular weight is 487 g/mol. The van der Waals surface area contributed by atoms with Gasteiger partial charge in [-0.15, -0.1) is 10.2 Å². The third kappa shape index (κ3) is 7.18. The zero-order chi connectivity index (χ0) is 25.0. The van der Waals surface area contributed by atoms with Crippen LogP contribution in [0.2, 0.25) is 0 Å². The molecule has 0 aliphatic heterocycles. The minimum absolute atomic E-state index is 0.123. The Morgan fingerprint density at radius 2 is 1.66 bits per heavy atom. The summed E-state index contributed by atoms with van der Waals surface area (Å²) >= 11 is 1.31. The summed E-state index contributed by atoms with van der Waals surface area (Å²) in [5.74, 6) is 0.742. The Hall–Kier alpha value is -3.62. The van der Waals surface area contributed by atoms with Crippen molar-refractivity contribution in [1.82, 2.24) is 19.7 Å². The van der Waals surface area contributed by atoms with Gasteiger partial charge in [-0.2, -0.15) is 10.5 Å². The Bertz CT molecular complexity index is 1170. The number of hydrogen-bond donors (Lipinski definition) is 0. The lowest BCUT2D eigenvalue weighted by atomic mass is 10.1. The molecule has 35 heavy (non-hydrogen) atoms. The van der Waals surface area contributed by atoms with Crippen molar-refractivity contribution in [2.24, 2.45) is 0 Å². The first-order valence-electron chi connectivity index (χ1n) is 11.8. The van der Waals surface area contributed by atoms with E-state index in [2.05, 4.69) is 53.5 Å². The maximum atomic E-state index is 12.9. The number of carbonyl (C=O) groups excluding carboxylic acids is 1. The second-order valence-corrected chi connectivity index (χ2v) is 9.21. The quantitative estimate of drug-likeness (QED) is 0.321. The van der Waals surface area contributed by atoms with Crippen LogP contribution in [0.25, 0.3) is 17.1 Å². The van der Waals surface area contributed by atoms with E-state index >= 15 is 0 Å². The standard InChI is InChI=1S/C27H30N6OS/c1-3-4-7-22-10-14-24(15-11-22)33-26(23-12-8-21(2)9-13-23)30-31-27(33)35-20-25(34)32(18-5-16-28)19-6-17-29/h8-15H,3-7,18-20H2,1-2H3. The van der Waals surface area contributed by atoms with Gasteiger partial charge in [0.15, 0.2) is 11.0 Å². The molecule has 3 aromatic rings. The van der Waals surface area contributed by atoms with Gasteiger partial charge in [-0.1, -0.05) is 67.1 Å². The first kappa shape index (κ1) is 26.0. The molecule has 0 saturated heterocycles. The van der Waals surface area contributed by atoms with E-state index in [0.29, 0.717) is 24.1 Å². The molecule has 0 spiro atoms. The summed E-state index contributed by atoms with van der Waals surface area (Å²) in [7, 11) is 0. The Kier molecular flexibility index (Phi) is 9.89. The van der Waals surface area contributed by atoms with Crippen molar-refractivity contribution >= 4 is 17.7 Å². The Balaban J connectivity index is 1.88. The van der Waals surface area contributed by atoms with E-state index < -0.39 is 0 Å². The Labute approximate surface area is 211 Å². The predicted octanol–water partition coefficient (Wildman–Crippen LogP) is 5.33. The van der Waals surface area contributed by atoms with Crippen molar-refractivity contribution < 1.29 is 4.79 Å². The van der Waals surface area contributed by atoms with Crippen LogP contribution in [-0.4, -0.2) is 44.4 Å². The largest absolute Gasteiger partial charge is 0.340 e. The number of rotatable bonds is 12. The maximum absolute atomic E-state index is 12.9. The molecule has 7 nitrogen and oxygen atoms in total. The third-order valence-electron chi connectivity index (χ3n) is 5.62. The molecule has 0 bridgehead atoms. The second kappa shape index (κ2) is 13.3. The maximum Gasteiger partial charge on any atom is 0.233 e. The lowest BCUT2D eigenvalue weighted by molar-refractivity contribution is -0.128. The molecule has 8 heteroatoms. The molecule has 0 unspecified atom stereocenters. The fourth-order valence-electron chi connectivity index (χ4n) is 3.63. The Morgan fingerprint density at radius 1 is 1.00 bits per heavy atom. The average Bonchev–Trinajstić information content (AvgIpc) is 3.30. The highest BCUT2D eigenvalue weighted by atomic mass is 32.2. The minimum Gasteiger partial charge on any atom is -0.340 e. The highest BCUT2D eigenvalue weighted by molar-refractivity contribution is 7.99. The zero-order valence-electron chi connectivity index (χ0n) is 20.3. The van der Waals surface area contributed by atoms with E-state index in [1.54, 1.807) is 4.90 Å². The molecule has 0 aliphatic rings. The lowest BCUT2D eigenvalue weighted by Crippen LogP contribution is -2.34. The highest BCUT2D eigenvalue weighted by Crippen LogP contribution is 2.29. The van der Waals surface area contributed by atoms with E-state index in [1.165, 1.54) is 17.3 Å². The van der Waals surface area contributed by atoms with Crippen molar-refractivity contribution in [3.63, 3.8) is 0 Å². The van der Waals surface area contributed by atoms with Crippen LogP contribution in [0.5, 0.6) is 0 Å². The molecule has 0 aliphatic carbocycles. The summed E-state index contributed by atoms with van der Waals surface area (Å²) in [5.41, 5.74) is 4.33. The summed E-state index contributed by atoms with van der Waals surface area (Å²) in [6, 6.07) is 20.7. The van der Waals surface area contributed by atoms with Crippen molar-refractivity contribution in [3.8, 4) is 29.2 Å². The van der Waals surface area contributed by atoms with Gasteiger partial charge in [0.2, 0.25) is 5.91 Å². The molecular weight excluding hydrogens is 456 g/mol. The number of carbonyl (C=O) groups is 1. The molecule has 0 atom stereocenters. The van der Waals surface area contributed by atoms with E-state index in [1.807, 2.05) is 35.8 Å². The summed E-state index contributed by atoms with van der Waals surface area (Å²) in [4.78, 5) is 14.4. The molecule has 1 heterocycles. The number of nitrogens with zero attached hydrogens (tertiary/aromatic N) is 6. The zero-order valence-corrected chi connectivity index (χ0v) is 21.1. The van der Waals surface area contributed by atoms with Crippen LogP contribution in [0, 0.1) is 29.6 Å². The monoisotopic (exact) mass is 486 g/mol. The van der Waals surface area contributed by atoms with Crippen LogP contribution in [0.4, 0.5) is 0 Å². The number of amides is 1. The van der Waals surface area contributed by atoms with E-state index in [9.17, 15) is 4.79 Å². The van der Waals surface area contributed by atoms with E-state index in [4.69, 9.17) is 10.5 Å². The van der Waals surface area contributed by atoms with Gasteiger partial charge in [0.1, 0.15) is 0 Å². The number of hydrogen-bond acceptors (Lipinski definition) is 6. The highest BCUT2D eigenvalue weighted by Gasteiger charge is 2.19. The van der Waals surface area contributed by atoms with Gasteiger partial charge in [0.25, 0.3) is 0 Å². The molecular formula is C27H30N6OS. The van der Waals surface area contributed by atoms with Crippen molar-refractivity contribution in [3.05, 3.63) is 59.7 Å². The topological polar surface area (TPSA) is 98.6 Å². The van der Waals surface area contributed by atoms with Crippen molar-refractivity contribution in [2.45, 2.75) is 51.1 Å². The van der Waals surface area contributed by atoms with Gasteiger partial charge in [-0.25, -0.2) is 0 Å². The molecule has 180 valence electrons. The number of aryl methyl sites for hydroxylation is 2. The summed E-state index contributed by atoms with van der Waals surface area (Å²) in [6.45, 7) is 4.86. The molecule has 2 aromatic carbocycles. The van der Waals surface area contributed by atoms with Gasteiger partial charge >= 0.3 is 0 Å². The number of nitriles is 2. The van der Waals surface area contributed by atoms with Gasteiger partial charge < -0.3 is 4.90 Å². The molecule has 3 rings (SSSR count). The summed E-state index contributed by atoms with van der Waals surface area (Å²) in [5, 5.41) is 27.3. The minimum atomic E-state index is -0.123. The van der Waals surface area contributed by atoms with Crippen LogP contribution in [0.1, 0.15) is 43.7 Å². The smallest absolute Gasteiger partial charge is 0.233 e. The fraction of sp³-hybridized carbons (Fsp3) is 0.370. The van der Waals surface area contributed by atoms with Gasteiger partial charge in [-0.3, -0.25) is 9.36 Å². The Morgan fingerprint density at radius 3 is 2.26 bits per heavy atom. The van der Waals surface area contributed by atoms with Crippen LogP contribution < -0.4 is 0 Å².